The summed E-state index contributed by atoms with van der Waals surface area (Å²) < 4.78 is 9.75. The van der Waals surface area contributed by atoms with Crippen LogP contribution in [-0.2, 0) is 66.1 Å². The average molecular weight is 1260 g/mol. The number of ketones is 4. The number of nitrogens with one attached hydrogen (secondary N) is 1. The van der Waals surface area contributed by atoms with Crippen LogP contribution >= 0.6 is 0 Å². The van der Waals surface area contributed by atoms with Crippen LogP contribution in [0.15, 0.2) is 171 Å². The summed E-state index contributed by atoms with van der Waals surface area (Å²) in [5, 5.41) is 18.3. The van der Waals surface area contributed by atoms with Crippen LogP contribution in [0.3, 0.4) is 0 Å². The average Bonchev–Trinajstić information content (AvgIpc) is 0.865. The van der Waals surface area contributed by atoms with Crippen molar-refractivity contribution in [2.45, 2.75) is 143 Å². The number of carbonyl (C=O) groups excluding carboxylic acids is 4. The van der Waals surface area contributed by atoms with Crippen LogP contribution in [-0.4, -0.2) is 69.3 Å². The molecule has 94 heavy (non-hydrogen) atoms. The number of ether oxygens (including phenoxy) is 1. The number of allylic oxidation sites excluding steroid dienone is 2. The Morgan fingerprint density at radius 1 is 0.553 bits per heavy atom. The molecular weight excluding hydrogens is 1180 g/mol. The number of para-hydroxylation sites is 1. The molecule has 1 aliphatic heterocycles. The van der Waals surface area contributed by atoms with Gasteiger partial charge in [0.25, 0.3) is 16.7 Å². The van der Waals surface area contributed by atoms with Gasteiger partial charge in [-0.3, -0.25) is 39.0 Å². The van der Waals surface area contributed by atoms with Gasteiger partial charge in [0.2, 0.25) is 0 Å². The van der Waals surface area contributed by atoms with Crippen molar-refractivity contribution in [3.05, 3.63) is 250 Å². The maximum atomic E-state index is 12.6. The third-order valence-corrected chi connectivity index (χ3v) is 18.4. The number of pyridine rings is 1. The van der Waals surface area contributed by atoms with E-state index in [1.54, 1.807) is 45.4 Å². The zero-order valence-corrected chi connectivity index (χ0v) is 55.2. The molecule has 5 heterocycles. The number of hydrogen-bond donors (Lipinski definition) is 1. The van der Waals surface area contributed by atoms with Crippen LogP contribution in [0.1, 0.15) is 171 Å². The quantitative estimate of drug-likeness (QED) is 0.0945. The van der Waals surface area contributed by atoms with Crippen molar-refractivity contribution in [2.24, 2.45) is 49.9 Å². The fourth-order valence-corrected chi connectivity index (χ4v) is 13.1. The van der Waals surface area contributed by atoms with Crippen LogP contribution < -0.4 is 26.8 Å². The van der Waals surface area contributed by atoms with Crippen LogP contribution in [0.4, 0.5) is 0 Å². The zero-order valence-electron chi connectivity index (χ0n) is 55.2. The molecule has 4 atom stereocenters. The van der Waals surface area contributed by atoms with Gasteiger partial charge in [0, 0.05) is 92.8 Å². The molecule has 4 aromatic carbocycles. The molecule has 486 valence electrons. The zero-order chi connectivity index (χ0) is 66.6. The SMILES string of the molecule is C=C1C=C2CC(CC(=O)c3ccc(CC)cc3)CCC2=NN1.CC(C)Oc1ccc(C(=O)CC2CCc3nn(C)c(=O)cc3C2)cc1.Cc1cccc(C(=O)CC2CCc3nn(C)c(=O)cc3C2)c1.Cn1nc2c(cc1=O)CC(CC(=O)c1ccc3ccccc3n1)CC2. The molecule has 8 aromatic rings. The normalized spacial score (nSPS) is 17.6. The van der Waals surface area contributed by atoms with Gasteiger partial charge in [-0.15, -0.1) is 0 Å². The van der Waals surface area contributed by atoms with E-state index in [2.05, 4.69) is 62.5 Å². The maximum absolute atomic E-state index is 12.6. The van der Waals surface area contributed by atoms with Crippen molar-refractivity contribution in [2.75, 3.05) is 0 Å². The standard InChI is InChI=1S/C20H19N3O2.C20H24N2O3.C19H22N2O.C18H20N2O2/c1-23-20(25)12-15-10-13(6-8-17(15)22-23)11-19(24)18-9-7-14-4-2-3-5-16(14)21-18;1-13(2)25-17-7-5-15(6-8-17)19(23)11-14-4-9-18-16(10-14)12-20(24)22(3)21-18;1-3-14-4-7-16(8-5-14)19(22)12-15-6-9-18-17(11-15)10-13(2)20-21-18;1-12-4-3-5-14(8-12)17(21)10-13-6-7-16-15(9-13)11-18(22)20(2)19-16/h2-5,7,9,12-13H,6,8,10-11H2,1H3;5-8,12-14H,4,9-11H2,1-3H3;4-5,7-8,10,15,20H,2-3,6,9,11-12H2,1H3;3-5,8,11,13H,6-7,9-10H2,1-2H3. The van der Waals surface area contributed by atoms with Crippen molar-refractivity contribution in [3.63, 3.8) is 0 Å². The van der Waals surface area contributed by atoms with E-state index in [0.717, 1.165) is 162 Å². The van der Waals surface area contributed by atoms with Gasteiger partial charge < -0.3 is 4.74 Å². The van der Waals surface area contributed by atoms with Gasteiger partial charge in [0.1, 0.15) is 11.4 Å². The van der Waals surface area contributed by atoms with Gasteiger partial charge >= 0.3 is 0 Å². The smallest absolute Gasteiger partial charge is 0.266 e. The Hall–Kier alpha value is -9.64. The van der Waals surface area contributed by atoms with Crippen molar-refractivity contribution < 1.29 is 23.9 Å². The van der Waals surface area contributed by atoms with Crippen molar-refractivity contribution in [1.82, 2.24) is 39.8 Å². The number of hydrogen-bond acceptors (Lipinski definition) is 14. The number of rotatable bonds is 15. The molecule has 1 saturated carbocycles. The molecule has 13 rings (SSSR count). The van der Waals surface area contributed by atoms with Crippen molar-refractivity contribution in [3.8, 4) is 5.75 Å². The summed E-state index contributed by atoms with van der Waals surface area (Å²) >= 11 is 0. The minimum atomic E-state index is -0.0954. The highest BCUT2D eigenvalue weighted by molar-refractivity contribution is 6.02. The fraction of sp³-hybridized carbons (Fsp3) is 0.377. The summed E-state index contributed by atoms with van der Waals surface area (Å²) in [7, 11) is 5.02. The number of fused-ring (bicyclic) bond motifs is 5. The van der Waals surface area contributed by atoms with E-state index in [-0.39, 0.29) is 57.8 Å². The van der Waals surface area contributed by atoms with Gasteiger partial charge in [-0.05, 0) is 204 Å². The Kier molecular flexibility index (Phi) is 22.1. The van der Waals surface area contributed by atoms with E-state index in [0.29, 0.717) is 48.8 Å². The summed E-state index contributed by atoms with van der Waals surface area (Å²) in [6.45, 7) is 12.0. The number of Topliss-reactive ketones (excluding diaryl/α,β-unsaturated/α-hetero) is 4. The lowest BCUT2D eigenvalue weighted by Crippen LogP contribution is -2.26. The second-order valence-electron chi connectivity index (χ2n) is 26.0. The Labute approximate surface area is 549 Å². The molecule has 0 amide bonds. The first-order valence-corrected chi connectivity index (χ1v) is 33.0. The van der Waals surface area contributed by atoms with Gasteiger partial charge in [0.15, 0.2) is 23.1 Å². The first-order valence-electron chi connectivity index (χ1n) is 33.0. The van der Waals surface area contributed by atoms with Gasteiger partial charge in [0.05, 0.1) is 34.4 Å². The minimum Gasteiger partial charge on any atom is -0.491 e. The molecular formula is C77H85N9O8. The van der Waals surface area contributed by atoms with E-state index in [4.69, 9.17) is 4.74 Å². The number of aryl methyl sites for hydroxylation is 8. The lowest BCUT2D eigenvalue weighted by molar-refractivity contribution is 0.0945. The monoisotopic (exact) mass is 1260 g/mol. The van der Waals surface area contributed by atoms with E-state index in [1.165, 1.54) is 25.2 Å². The van der Waals surface area contributed by atoms with E-state index in [1.807, 2.05) is 112 Å². The summed E-state index contributed by atoms with van der Waals surface area (Å²) in [5.74, 6) is 2.64. The third kappa shape index (κ3) is 17.7. The second kappa shape index (κ2) is 30.9. The number of hydrazone groups is 1. The molecule has 1 fully saturated rings. The molecule has 0 bridgehead atoms. The lowest BCUT2D eigenvalue weighted by Gasteiger charge is -2.27. The molecule has 4 unspecified atom stereocenters. The largest absolute Gasteiger partial charge is 0.491 e. The Morgan fingerprint density at radius 2 is 1.03 bits per heavy atom. The molecule has 4 aliphatic carbocycles. The summed E-state index contributed by atoms with van der Waals surface area (Å²) in [5.41, 5.74) is 17.9. The molecule has 5 aliphatic rings. The summed E-state index contributed by atoms with van der Waals surface area (Å²) in [6.07, 6.45) is 15.7. The van der Waals surface area contributed by atoms with Gasteiger partial charge in [-0.1, -0.05) is 85.8 Å². The Morgan fingerprint density at radius 3 is 1.54 bits per heavy atom. The lowest BCUT2D eigenvalue weighted by atomic mass is 9.80. The molecule has 0 saturated heterocycles. The Bertz CT molecular complexity index is 4380. The summed E-state index contributed by atoms with van der Waals surface area (Å²) in [6, 6.07) is 39.7. The van der Waals surface area contributed by atoms with E-state index in [9.17, 15) is 33.6 Å². The molecule has 0 radical (unpaired) electrons. The predicted molar refractivity (Wildman–Crippen MR) is 367 cm³/mol. The molecule has 0 spiro atoms. The molecule has 4 aromatic heterocycles. The van der Waals surface area contributed by atoms with Crippen molar-refractivity contribution >= 4 is 39.7 Å². The minimum absolute atomic E-state index is 0.0657. The predicted octanol–water partition coefficient (Wildman–Crippen LogP) is 12.1. The topological polar surface area (TPSA) is 219 Å². The first-order chi connectivity index (χ1) is 45.2. The number of nitrogens with zero attached hydrogens (tertiary/aromatic N) is 8. The highest BCUT2D eigenvalue weighted by atomic mass is 16.5. The number of benzene rings is 4. The fourth-order valence-electron chi connectivity index (χ4n) is 13.1. The third-order valence-electron chi connectivity index (χ3n) is 18.4. The van der Waals surface area contributed by atoms with Gasteiger partial charge in [-0.2, -0.15) is 20.4 Å². The van der Waals surface area contributed by atoms with E-state index < -0.39 is 0 Å². The first kappa shape index (κ1) is 67.3. The van der Waals surface area contributed by atoms with Crippen LogP contribution in [0.25, 0.3) is 10.9 Å². The highest BCUT2D eigenvalue weighted by Gasteiger charge is 2.29. The van der Waals surface area contributed by atoms with Crippen LogP contribution in [0.5, 0.6) is 5.75 Å². The van der Waals surface area contributed by atoms with E-state index >= 15 is 0 Å². The van der Waals surface area contributed by atoms with Crippen molar-refractivity contribution in [1.29, 1.82) is 0 Å². The highest BCUT2D eigenvalue weighted by Crippen LogP contribution is 2.33. The number of carbonyl (C=O) groups is 4. The second-order valence-corrected chi connectivity index (χ2v) is 26.0. The maximum Gasteiger partial charge on any atom is 0.266 e. The molecule has 17 nitrogen and oxygen atoms in total. The summed E-state index contributed by atoms with van der Waals surface area (Å²) in [4.78, 5) is 89.8. The van der Waals surface area contributed by atoms with Gasteiger partial charge in [-0.25, -0.2) is 19.0 Å². The molecule has 17 heteroatoms. The Balaban J connectivity index is 0.000000137. The van der Waals surface area contributed by atoms with Crippen LogP contribution in [0, 0.1) is 30.6 Å². The molecule has 1 N–H and O–H groups in total. The number of aromatic nitrogens is 7. The van der Waals surface area contributed by atoms with Crippen LogP contribution in [0.2, 0.25) is 0 Å².